The molecule has 0 bridgehead atoms. The van der Waals surface area contributed by atoms with Crippen molar-refractivity contribution in [3.05, 3.63) is 102 Å². The van der Waals surface area contributed by atoms with Gasteiger partial charge >= 0.3 is 6.03 Å². The average Bonchev–Trinajstić information content (AvgIpc) is 2.72. The largest absolute Gasteiger partial charge is 0.337 e. The highest BCUT2D eigenvalue weighted by Gasteiger charge is 2.14. The molecule has 0 radical (unpaired) electrons. The minimum Gasteiger partial charge on any atom is -0.337 e. The molecule has 0 aliphatic rings. The fourth-order valence-electron chi connectivity index (χ4n) is 2.92. The molecule has 26 heavy (non-hydrogen) atoms. The predicted molar refractivity (Wildman–Crippen MR) is 106 cm³/mol. The van der Waals surface area contributed by atoms with E-state index in [0.29, 0.717) is 6.54 Å². The van der Waals surface area contributed by atoms with E-state index in [-0.39, 0.29) is 11.9 Å². The number of urea groups is 1. The van der Waals surface area contributed by atoms with E-state index in [1.54, 1.807) is 0 Å². The van der Waals surface area contributed by atoms with E-state index in [2.05, 4.69) is 64.7 Å². The van der Waals surface area contributed by atoms with E-state index < -0.39 is 0 Å². The Morgan fingerprint density at radius 3 is 1.77 bits per heavy atom. The summed E-state index contributed by atoms with van der Waals surface area (Å²) in [6.45, 7) is 0.580. The highest BCUT2D eigenvalue weighted by atomic mass is 16.2. The second kappa shape index (κ2) is 9.28. The molecule has 4 nitrogen and oxygen atoms in total. The zero-order valence-electron chi connectivity index (χ0n) is 14.6. The number of para-hydroxylation sites is 1. The predicted octanol–water partition coefficient (Wildman–Crippen LogP) is 4.53. The van der Waals surface area contributed by atoms with E-state index >= 15 is 0 Å². The summed E-state index contributed by atoms with van der Waals surface area (Å²) in [5, 5.41) is 2.91. The van der Waals surface area contributed by atoms with Crippen LogP contribution in [0.4, 0.5) is 10.5 Å². The third-order valence-corrected chi connectivity index (χ3v) is 4.22. The highest BCUT2D eigenvalue weighted by molar-refractivity contribution is 5.75. The van der Waals surface area contributed by atoms with Gasteiger partial charge in [-0.05, 0) is 29.7 Å². The Labute approximate surface area is 154 Å². The standard InChI is InChI=1S/C22H23N3O/c26-22(25-24-20-14-8-3-9-15-20)23-17-16-21(18-10-4-1-5-11-18)19-12-6-2-7-13-19/h1-15,21,24H,16-17H2,(H2,23,25,26). The van der Waals surface area contributed by atoms with Gasteiger partial charge in [-0.3, -0.25) is 10.9 Å². The minimum atomic E-state index is -0.242. The van der Waals surface area contributed by atoms with Crippen molar-refractivity contribution in [2.45, 2.75) is 12.3 Å². The molecular formula is C22H23N3O. The number of anilines is 1. The summed E-state index contributed by atoms with van der Waals surface area (Å²) in [6, 6.07) is 30.1. The summed E-state index contributed by atoms with van der Waals surface area (Å²) >= 11 is 0. The van der Waals surface area contributed by atoms with Crippen LogP contribution in [0, 0.1) is 0 Å². The van der Waals surface area contributed by atoms with Gasteiger partial charge in [0.05, 0.1) is 5.69 Å². The smallest absolute Gasteiger partial charge is 0.333 e. The molecule has 4 heteroatoms. The Hall–Kier alpha value is -3.27. The van der Waals surface area contributed by atoms with Crippen LogP contribution < -0.4 is 16.2 Å². The van der Waals surface area contributed by atoms with Crippen molar-refractivity contribution in [1.82, 2.24) is 10.7 Å². The molecule has 0 fully saturated rings. The molecule has 0 aromatic heterocycles. The summed E-state index contributed by atoms with van der Waals surface area (Å²) in [5.74, 6) is 0.250. The molecule has 132 valence electrons. The lowest BCUT2D eigenvalue weighted by molar-refractivity contribution is 0.242. The van der Waals surface area contributed by atoms with Crippen molar-refractivity contribution in [2.75, 3.05) is 12.0 Å². The van der Waals surface area contributed by atoms with Gasteiger partial charge in [0.25, 0.3) is 0 Å². The molecule has 0 unspecified atom stereocenters. The molecule has 0 aliphatic carbocycles. The van der Waals surface area contributed by atoms with Gasteiger partial charge in [0.15, 0.2) is 0 Å². The molecule has 3 aromatic rings. The summed E-state index contributed by atoms with van der Waals surface area (Å²) in [5.41, 5.74) is 8.88. The van der Waals surface area contributed by atoms with Gasteiger partial charge in [-0.15, -0.1) is 0 Å². The molecule has 3 rings (SSSR count). The van der Waals surface area contributed by atoms with Crippen molar-refractivity contribution in [1.29, 1.82) is 0 Å². The van der Waals surface area contributed by atoms with E-state index in [0.717, 1.165) is 12.1 Å². The fourth-order valence-corrected chi connectivity index (χ4v) is 2.92. The van der Waals surface area contributed by atoms with E-state index in [4.69, 9.17) is 0 Å². The lowest BCUT2D eigenvalue weighted by Gasteiger charge is -2.18. The number of hydrogen-bond acceptors (Lipinski definition) is 2. The molecule has 0 atom stereocenters. The lowest BCUT2D eigenvalue weighted by Crippen LogP contribution is -2.39. The lowest BCUT2D eigenvalue weighted by atomic mass is 9.88. The van der Waals surface area contributed by atoms with Crippen LogP contribution >= 0.6 is 0 Å². The first-order valence-electron chi connectivity index (χ1n) is 8.78. The van der Waals surface area contributed by atoms with Crippen LogP contribution in [0.15, 0.2) is 91.0 Å². The number of rotatable bonds is 7. The zero-order chi connectivity index (χ0) is 18.0. The Kier molecular flexibility index (Phi) is 6.26. The maximum atomic E-state index is 12.0. The molecule has 2 amide bonds. The number of amides is 2. The maximum absolute atomic E-state index is 12.0. The molecule has 3 N–H and O–H groups in total. The normalized spacial score (nSPS) is 10.3. The third kappa shape index (κ3) is 5.11. The van der Waals surface area contributed by atoms with Crippen LogP contribution in [0.1, 0.15) is 23.5 Å². The van der Waals surface area contributed by atoms with Crippen molar-refractivity contribution in [2.24, 2.45) is 0 Å². The molecule has 3 aromatic carbocycles. The molecule has 0 spiro atoms. The first-order chi connectivity index (χ1) is 12.8. The molecule has 0 saturated carbocycles. The van der Waals surface area contributed by atoms with Gasteiger partial charge in [0.2, 0.25) is 0 Å². The van der Waals surface area contributed by atoms with Crippen LogP contribution in [-0.4, -0.2) is 12.6 Å². The third-order valence-electron chi connectivity index (χ3n) is 4.22. The van der Waals surface area contributed by atoms with Crippen molar-refractivity contribution in [3.63, 3.8) is 0 Å². The van der Waals surface area contributed by atoms with Gasteiger partial charge in [-0.25, -0.2) is 4.79 Å². The topological polar surface area (TPSA) is 53.2 Å². The molecule has 0 saturated heterocycles. The zero-order valence-corrected chi connectivity index (χ0v) is 14.6. The summed E-state index contributed by atoms with van der Waals surface area (Å²) in [6.07, 6.45) is 0.826. The van der Waals surface area contributed by atoms with E-state index in [1.807, 2.05) is 42.5 Å². The molecular weight excluding hydrogens is 322 g/mol. The Morgan fingerprint density at radius 1 is 0.731 bits per heavy atom. The molecule has 0 aliphatic heterocycles. The van der Waals surface area contributed by atoms with Crippen LogP contribution in [0.5, 0.6) is 0 Å². The Morgan fingerprint density at radius 2 is 1.23 bits per heavy atom. The number of carbonyl (C=O) groups excluding carboxylic acids is 1. The monoisotopic (exact) mass is 345 g/mol. The number of nitrogens with one attached hydrogen (secondary N) is 3. The summed E-state index contributed by atoms with van der Waals surface area (Å²) in [7, 11) is 0. The van der Waals surface area contributed by atoms with E-state index in [9.17, 15) is 4.79 Å². The Balaban J connectivity index is 1.54. The first kappa shape index (κ1) is 17.5. The first-order valence-corrected chi connectivity index (χ1v) is 8.78. The summed E-state index contributed by atoms with van der Waals surface area (Å²) in [4.78, 5) is 12.0. The fraction of sp³-hybridized carbons (Fsp3) is 0.136. The van der Waals surface area contributed by atoms with Gasteiger partial charge in [-0.2, -0.15) is 0 Å². The van der Waals surface area contributed by atoms with Crippen LogP contribution in [0.2, 0.25) is 0 Å². The SMILES string of the molecule is O=C(NCCC(c1ccccc1)c1ccccc1)NNc1ccccc1. The number of benzene rings is 3. The number of hydrogen-bond donors (Lipinski definition) is 3. The summed E-state index contributed by atoms with van der Waals surface area (Å²) < 4.78 is 0. The van der Waals surface area contributed by atoms with Gasteiger partial charge < -0.3 is 5.32 Å². The van der Waals surface area contributed by atoms with Gasteiger partial charge in [0, 0.05) is 12.5 Å². The molecule has 0 heterocycles. The maximum Gasteiger partial charge on any atom is 0.333 e. The van der Waals surface area contributed by atoms with Crippen molar-refractivity contribution < 1.29 is 4.79 Å². The quantitative estimate of drug-likeness (QED) is 0.551. The second-order valence-corrected chi connectivity index (χ2v) is 6.03. The van der Waals surface area contributed by atoms with Crippen LogP contribution in [0.25, 0.3) is 0 Å². The average molecular weight is 345 g/mol. The van der Waals surface area contributed by atoms with Crippen molar-refractivity contribution >= 4 is 11.7 Å². The van der Waals surface area contributed by atoms with Crippen LogP contribution in [0.3, 0.4) is 0 Å². The van der Waals surface area contributed by atoms with Gasteiger partial charge in [-0.1, -0.05) is 78.9 Å². The second-order valence-electron chi connectivity index (χ2n) is 6.03. The van der Waals surface area contributed by atoms with Crippen LogP contribution in [-0.2, 0) is 0 Å². The minimum absolute atomic E-state index is 0.242. The van der Waals surface area contributed by atoms with Crippen molar-refractivity contribution in [3.8, 4) is 0 Å². The number of carbonyl (C=O) groups is 1. The van der Waals surface area contributed by atoms with Gasteiger partial charge in [0.1, 0.15) is 0 Å². The highest BCUT2D eigenvalue weighted by Crippen LogP contribution is 2.27. The number of hydrazine groups is 1. The van der Waals surface area contributed by atoms with E-state index in [1.165, 1.54) is 11.1 Å². The Bertz CT molecular complexity index is 752.